The molecule has 5 heteroatoms. The first kappa shape index (κ1) is 15.8. The highest BCUT2D eigenvalue weighted by Gasteiger charge is 2.53. The second-order valence-electron chi connectivity index (χ2n) is 8.35. The van der Waals surface area contributed by atoms with Gasteiger partial charge >= 0.3 is 6.03 Å². The lowest BCUT2D eigenvalue weighted by Crippen LogP contribution is -2.51. The van der Waals surface area contributed by atoms with E-state index in [-0.39, 0.29) is 17.4 Å². The van der Waals surface area contributed by atoms with Crippen molar-refractivity contribution in [1.29, 1.82) is 0 Å². The third kappa shape index (κ3) is 2.75. The number of likely N-dealkylation sites (tertiary alicyclic amines) is 1. The maximum absolute atomic E-state index is 12.9. The second kappa shape index (κ2) is 5.52. The molecule has 0 radical (unpaired) electrons. The Morgan fingerprint density at radius 1 is 1.14 bits per heavy atom. The zero-order valence-corrected chi connectivity index (χ0v) is 14.2. The molecule has 3 fully saturated rings. The predicted octanol–water partition coefficient (Wildman–Crippen LogP) is 2.57. The van der Waals surface area contributed by atoms with E-state index in [2.05, 4.69) is 31.0 Å². The summed E-state index contributed by atoms with van der Waals surface area (Å²) in [6.45, 7) is 9.26. The van der Waals surface area contributed by atoms with Crippen molar-refractivity contribution in [2.24, 2.45) is 11.3 Å². The Bertz CT molecular complexity index is 455. The molecule has 22 heavy (non-hydrogen) atoms. The topological polar surface area (TPSA) is 52.7 Å². The van der Waals surface area contributed by atoms with E-state index in [0.29, 0.717) is 12.6 Å². The molecular formula is C17H29N3O2. The van der Waals surface area contributed by atoms with Gasteiger partial charge in [0.2, 0.25) is 0 Å². The van der Waals surface area contributed by atoms with Crippen LogP contribution in [0.15, 0.2) is 0 Å². The first-order chi connectivity index (χ1) is 10.3. The van der Waals surface area contributed by atoms with Crippen molar-refractivity contribution >= 4 is 11.9 Å². The minimum Gasteiger partial charge on any atom is -0.323 e. The maximum atomic E-state index is 12.9. The van der Waals surface area contributed by atoms with E-state index in [1.54, 1.807) is 0 Å². The molecule has 0 bridgehead atoms. The van der Waals surface area contributed by atoms with E-state index in [4.69, 9.17) is 0 Å². The van der Waals surface area contributed by atoms with Gasteiger partial charge in [-0.3, -0.25) is 9.69 Å². The van der Waals surface area contributed by atoms with Gasteiger partial charge in [-0.25, -0.2) is 9.69 Å². The highest BCUT2D eigenvalue weighted by Crippen LogP contribution is 2.43. The molecule has 3 rings (SSSR count). The minimum absolute atomic E-state index is 0.0109. The van der Waals surface area contributed by atoms with Crippen LogP contribution in [-0.4, -0.2) is 47.0 Å². The standard InChI is InChI=1S/C17H29N3O2/c1-16(2,3)13-6-8-17(9-7-13)14(21)20(15(22)18-17)12-19-10-4-5-11-19/h13H,4-12H2,1-3H3,(H,18,22). The summed E-state index contributed by atoms with van der Waals surface area (Å²) in [6, 6.07) is -0.189. The van der Waals surface area contributed by atoms with Crippen LogP contribution in [0.3, 0.4) is 0 Å². The molecule has 0 aromatic carbocycles. The Labute approximate surface area is 133 Å². The summed E-state index contributed by atoms with van der Waals surface area (Å²) in [7, 11) is 0. The fraction of sp³-hybridized carbons (Fsp3) is 0.882. The molecule has 2 heterocycles. The number of hydrogen-bond donors (Lipinski definition) is 1. The zero-order chi connectivity index (χ0) is 16.0. The van der Waals surface area contributed by atoms with Gasteiger partial charge in [0.1, 0.15) is 5.54 Å². The molecule has 0 aromatic heterocycles. The molecule has 3 amide bonds. The van der Waals surface area contributed by atoms with Gasteiger partial charge < -0.3 is 5.32 Å². The van der Waals surface area contributed by atoms with Crippen LogP contribution in [0.2, 0.25) is 0 Å². The Morgan fingerprint density at radius 2 is 1.73 bits per heavy atom. The van der Waals surface area contributed by atoms with Crippen molar-refractivity contribution in [3.8, 4) is 0 Å². The van der Waals surface area contributed by atoms with Gasteiger partial charge in [-0.2, -0.15) is 0 Å². The lowest BCUT2D eigenvalue weighted by molar-refractivity contribution is -0.134. The van der Waals surface area contributed by atoms with Crippen LogP contribution >= 0.6 is 0 Å². The summed E-state index contributed by atoms with van der Waals surface area (Å²) in [5.74, 6) is 0.646. The van der Waals surface area contributed by atoms with Crippen LogP contribution in [0, 0.1) is 11.3 Å². The third-order valence-corrected chi connectivity index (χ3v) is 5.85. The molecule has 2 aliphatic heterocycles. The van der Waals surface area contributed by atoms with Crippen LogP contribution < -0.4 is 5.32 Å². The van der Waals surface area contributed by atoms with Gasteiger partial charge in [-0.15, -0.1) is 0 Å². The van der Waals surface area contributed by atoms with Gasteiger partial charge in [0.15, 0.2) is 0 Å². The Hall–Kier alpha value is -1.10. The van der Waals surface area contributed by atoms with Crippen molar-refractivity contribution in [3.05, 3.63) is 0 Å². The van der Waals surface area contributed by atoms with Crippen molar-refractivity contribution < 1.29 is 9.59 Å². The van der Waals surface area contributed by atoms with Crippen LogP contribution in [0.25, 0.3) is 0 Å². The van der Waals surface area contributed by atoms with E-state index in [1.165, 1.54) is 17.7 Å². The summed E-state index contributed by atoms with van der Waals surface area (Å²) in [5, 5.41) is 3.03. The summed E-state index contributed by atoms with van der Waals surface area (Å²) < 4.78 is 0. The van der Waals surface area contributed by atoms with Crippen LogP contribution in [0.1, 0.15) is 59.3 Å². The van der Waals surface area contributed by atoms with E-state index < -0.39 is 5.54 Å². The molecule has 2 saturated heterocycles. The second-order valence-corrected chi connectivity index (χ2v) is 8.35. The fourth-order valence-electron chi connectivity index (χ4n) is 4.24. The van der Waals surface area contributed by atoms with Crippen molar-refractivity contribution in [2.75, 3.05) is 19.8 Å². The lowest BCUT2D eigenvalue weighted by atomic mass is 9.67. The minimum atomic E-state index is -0.613. The number of rotatable bonds is 2. The highest BCUT2D eigenvalue weighted by molar-refractivity contribution is 6.07. The number of urea groups is 1. The number of amides is 3. The summed E-state index contributed by atoms with van der Waals surface area (Å²) >= 11 is 0. The van der Waals surface area contributed by atoms with Crippen molar-refractivity contribution in [1.82, 2.24) is 15.1 Å². The molecule has 1 spiro atoms. The quantitative estimate of drug-likeness (QED) is 0.798. The zero-order valence-electron chi connectivity index (χ0n) is 14.2. The maximum Gasteiger partial charge on any atom is 0.326 e. The predicted molar refractivity (Wildman–Crippen MR) is 85.2 cm³/mol. The number of imide groups is 1. The van der Waals surface area contributed by atoms with Crippen molar-refractivity contribution in [2.45, 2.75) is 64.8 Å². The Morgan fingerprint density at radius 3 is 2.27 bits per heavy atom. The monoisotopic (exact) mass is 307 g/mol. The van der Waals surface area contributed by atoms with Gasteiger partial charge in [0, 0.05) is 0 Å². The molecule has 1 saturated carbocycles. The largest absolute Gasteiger partial charge is 0.326 e. The van der Waals surface area contributed by atoms with E-state index in [0.717, 1.165) is 38.8 Å². The Kier molecular flexibility index (Phi) is 3.96. The van der Waals surface area contributed by atoms with Crippen molar-refractivity contribution in [3.63, 3.8) is 0 Å². The third-order valence-electron chi connectivity index (χ3n) is 5.85. The number of nitrogens with one attached hydrogen (secondary N) is 1. The average Bonchev–Trinajstić information content (AvgIpc) is 3.02. The average molecular weight is 307 g/mol. The van der Waals surface area contributed by atoms with Crippen LogP contribution in [-0.2, 0) is 4.79 Å². The number of carbonyl (C=O) groups is 2. The number of carbonyl (C=O) groups excluding carboxylic acids is 2. The molecule has 0 atom stereocenters. The van der Waals surface area contributed by atoms with E-state index in [9.17, 15) is 9.59 Å². The molecule has 0 aromatic rings. The normalized spacial score (nSPS) is 33.8. The first-order valence-electron chi connectivity index (χ1n) is 8.68. The van der Waals surface area contributed by atoms with E-state index >= 15 is 0 Å². The highest BCUT2D eigenvalue weighted by atomic mass is 16.2. The van der Waals surface area contributed by atoms with Crippen LogP contribution in [0.4, 0.5) is 4.79 Å². The molecule has 1 aliphatic carbocycles. The fourth-order valence-corrected chi connectivity index (χ4v) is 4.24. The summed E-state index contributed by atoms with van der Waals surface area (Å²) in [5.41, 5.74) is -0.332. The number of hydrogen-bond acceptors (Lipinski definition) is 3. The Balaban J connectivity index is 1.66. The SMILES string of the molecule is CC(C)(C)C1CCC2(CC1)NC(=O)N(CN1CCCC1)C2=O. The molecule has 1 N–H and O–H groups in total. The lowest BCUT2D eigenvalue weighted by Gasteiger charge is -2.40. The van der Waals surface area contributed by atoms with Gasteiger partial charge in [0.25, 0.3) is 5.91 Å². The van der Waals surface area contributed by atoms with Crippen LogP contribution in [0.5, 0.6) is 0 Å². The first-order valence-corrected chi connectivity index (χ1v) is 8.68. The number of nitrogens with zero attached hydrogens (tertiary/aromatic N) is 2. The molecular weight excluding hydrogens is 278 g/mol. The van der Waals surface area contributed by atoms with Gasteiger partial charge in [-0.05, 0) is 62.9 Å². The molecule has 5 nitrogen and oxygen atoms in total. The molecule has 0 unspecified atom stereocenters. The summed E-state index contributed by atoms with van der Waals surface area (Å²) in [4.78, 5) is 28.8. The smallest absolute Gasteiger partial charge is 0.323 e. The molecule has 3 aliphatic rings. The van der Waals surface area contributed by atoms with E-state index in [1.807, 2.05) is 0 Å². The summed E-state index contributed by atoms with van der Waals surface area (Å²) in [6.07, 6.45) is 5.95. The molecule has 124 valence electrons. The van der Waals surface area contributed by atoms with Gasteiger partial charge in [0.05, 0.1) is 6.67 Å². The van der Waals surface area contributed by atoms with Gasteiger partial charge in [-0.1, -0.05) is 20.8 Å².